The summed E-state index contributed by atoms with van der Waals surface area (Å²) >= 11 is 16.7. The number of furan rings is 1. The summed E-state index contributed by atoms with van der Waals surface area (Å²) in [6, 6.07) is 0. The summed E-state index contributed by atoms with van der Waals surface area (Å²) in [5.74, 6) is -1.03. The van der Waals surface area contributed by atoms with Gasteiger partial charge in [0.1, 0.15) is 11.3 Å². The number of nitrogen functional groups attached to an aromatic ring is 1. The number of hydrogen-bond acceptors (Lipinski definition) is 3. The molecule has 1 heterocycles. The highest BCUT2D eigenvalue weighted by atomic mass is 35.6. The molecule has 0 amide bonds. The van der Waals surface area contributed by atoms with Crippen molar-refractivity contribution >= 4 is 46.7 Å². The average Bonchev–Trinajstić information content (AvgIpc) is 2.23. The van der Waals surface area contributed by atoms with Gasteiger partial charge >= 0.3 is 5.97 Å². The summed E-state index contributed by atoms with van der Waals surface area (Å²) in [5, 5.41) is 8.89. The highest BCUT2D eigenvalue weighted by Crippen LogP contribution is 2.35. The minimum absolute atomic E-state index is 0.0637. The molecule has 0 saturated carbocycles. The molecule has 1 aromatic rings. The third-order valence-electron chi connectivity index (χ3n) is 1.83. The first-order chi connectivity index (χ1) is 6.72. The van der Waals surface area contributed by atoms with Gasteiger partial charge in [0.2, 0.25) is 5.88 Å². The second-order valence-corrected chi connectivity index (χ2v) is 5.49. The smallest absolute Gasteiger partial charge is 0.341 e. The van der Waals surface area contributed by atoms with Crippen molar-refractivity contribution < 1.29 is 14.3 Å². The molecule has 0 aromatic carbocycles. The summed E-state index contributed by atoms with van der Waals surface area (Å²) in [7, 11) is 0. The number of halogens is 3. The van der Waals surface area contributed by atoms with Gasteiger partial charge in [0, 0.05) is 12.0 Å². The number of anilines is 1. The number of carboxylic acids is 1. The fourth-order valence-corrected chi connectivity index (χ4v) is 1.65. The summed E-state index contributed by atoms with van der Waals surface area (Å²) in [6.07, 6.45) is -0.0637. The van der Waals surface area contributed by atoms with Crippen LogP contribution in [-0.4, -0.2) is 14.9 Å². The Morgan fingerprint density at radius 1 is 1.53 bits per heavy atom. The van der Waals surface area contributed by atoms with E-state index in [1.54, 1.807) is 6.92 Å². The third-order valence-corrected chi connectivity index (χ3v) is 2.23. The van der Waals surface area contributed by atoms with Gasteiger partial charge in [-0.1, -0.05) is 34.8 Å². The Morgan fingerprint density at radius 3 is 2.47 bits per heavy atom. The number of hydrogen-bond donors (Lipinski definition) is 2. The van der Waals surface area contributed by atoms with Gasteiger partial charge in [-0.25, -0.2) is 4.79 Å². The lowest BCUT2D eigenvalue weighted by Crippen LogP contribution is -2.11. The van der Waals surface area contributed by atoms with Gasteiger partial charge in [0.25, 0.3) is 0 Å². The summed E-state index contributed by atoms with van der Waals surface area (Å²) in [6.45, 7) is 1.56. The van der Waals surface area contributed by atoms with Crippen LogP contribution in [0.15, 0.2) is 4.42 Å². The Hall–Kier alpha value is -0.580. The fraction of sp³-hybridized carbons (Fsp3) is 0.375. The summed E-state index contributed by atoms with van der Waals surface area (Å²) in [5.41, 5.74) is 5.55. The summed E-state index contributed by atoms with van der Waals surface area (Å²) in [4.78, 5) is 10.9. The number of carboxylic acid groups (broad SMARTS) is 1. The number of nitrogens with two attached hydrogens (primary N) is 1. The zero-order valence-electron chi connectivity index (χ0n) is 7.68. The zero-order valence-corrected chi connectivity index (χ0v) is 9.95. The van der Waals surface area contributed by atoms with Crippen LogP contribution >= 0.6 is 34.8 Å². The highest BCUT2D eigenvalue weighted by Gasteiger charge is 2.29. The van der Waals surface area contributed by atoms with Crippen molar-refractivity contribution in [2.75, 3.05) is 5.73 Å². The van der Waals surface area contributed by atoms with Crippen molar-refractivity contribution in [1.29, 1.82) is 0 Å². The van der Waals surface area contributed by atoms with E-state index >= 15 is 0 Å². The molecule has 0 aliphatic heterocycles. The lowest BCUT2D eigenvalue weighted by molar-refractivity contribution is 0.0696. The molecule has 4 nitrogen and oxygen atoms in total. The number of aryl methyl sites for hydroxylation is 1. The molecular weight excluding hydrogens is 264 g/mol. The van der Waals surface area contributed by atoms with Gasteiger partial charge in [-0.2, -0.15) is 0 Å². The molecular formula is C8H8Cl3NO3. The van der Waals surface area contributed by atoms with Gasteiger partial charge in [-0.3, -0.25) is 0 Å². The van der Waals surface area contributed by atoms with Crippen LogP contribution in [0.5, 0.6) is 0 Å². The van der Waals surface area contributed by atoms with Crippen molar-refractivity contribution in [3.05, 3.63) is 16.9 Å². The van der Waals surface area contributed by atoms with Crippen molar-refractivity contribution in [3.8, 4) is 0 Å². The van der Waals surface area contributed by atoms with E-state index in [-0.39, 0.29) is 17.9 Å². The average molecular weight is 273 g/mol. The zero-order chi connectivity index (χ0) is 11.8. The molecule has 0 bridgehead atoms. The molecule has 0 unspecified atom stereocenters. The topological polar surface area (TPSA) is 76.5 Å². The lowest BCUT2D eigenvalue weighted by atomic mass is 10.1. The van der Waals surface area contributed by atoms with Gasteiger partial charge in [-0.05, 0) is 6.92 Å². The van der Waals surface area contributed by atoms with E-state index in [9.17, 15) is 4.79 Å². The van der Waals surface area contributed by atoms with E-state index in [2.05, 4.69) is 0 Å². The Bertz CT molecular complexity index is 395. The number of carbonyl (C=O) groups is 1. The molecule has 84 valence electrons. The third kappa shape index (κ3) is 2.93. The Labute approximate surface area is 101 Å². The normalized spacial score (nSPS) is 11.7. The number of rotatable bonds is 2. The Balaban J connectivity index is 3.21. The van der Waals surface area contributed by atoms with E-state index in [0.29, 0.717) is 11.3 Å². The standard InChI is InChI=1S/C8H8Cl3NO3/c1-3-4(2-8(9,10)11)5(7(13)14)6(12)15-3/h2,12H2,1H3,(H,13,14). The van der Waals surface area contributed by atoms with Crippen LogP contribution in [0.25, 0.3) is 0 Å². The van der Waals surface area contributed by atoms with Crippen LogP contribution in [0.1, 0.15) is 21.7 Å². The molecule has 1 rings (SSSR count). The van der Waals surface area contributed by atoms with Crippen molar-refractivity contribution in [2.24, 2.45) is 0 Å². The monoisotopic (exact) mass is 271 g/mol. The van der Waals surface area contributed by atoms with E-state index < -0.39 is 9.76 Å². The second kappa shape index (κ2) is 4.12. The lowest BCUT2D eigenvalue weighted by Gasteiger charge is -2.10. The first kappa shape index (κ1) is 12.5. The van der Waals surface area contributed by atoms with Crippen LogP contribution < -0.4 is 5.73 Å². The number of alkyl halides is 3. The molecule has 0 radical (unpaired) electrons. The van der Waals surface area contributed by atoms with Gasteiger partial charge < -0.3 is 15.3 Å². The van der Waals surface area contributed by atoms with E-state index in [4.69, 9.17) is 50.1 Å². The minimum Gasteiger partial charge on any atom is -0.477 e. The Kier molecular flexibility index (Phi) is 3.43. The van der Waals surface area contributed by atoms with Crippen LogP contribution in [0.4, 0.5) is 5.88 Å². The molecule has 0 atom stereocenters. The van der Waals surface area contributed by atoms with E-state index in [0.717, 1.165) is 0 Å². The van der Waals surface area contributed by atoms with Crippen LogP contribution in [0, 0.1) is 6.92 Å². The first-order valence-electron chi connectivity index (χ1n) is 3.90. The van der Waals surface area contributed by atoms with E-state index in [1.165, 1.54) is 0 Å². The second-order valence-electron chi connectivity index (χ2n) is 2.97. The maximum atomic E-state index is 10.9. The van der Waals surface area contributed by atoms with Crippen molar-refractivity contribution in [1.82, 2.24) is 0 Å². The molecule has 0 aliphatic rings. The van der Waals surface area contributed by atoms with Gasteiger partial charge in [0.15, 0.2) is 3.79 Å². The molecule has 15 heavy (non-hydrogen) atoms. The predicted octanol–water partition coefficient (Wildman–Crippen LogP) is 2.78. The molecule has 7 heteroatoms. The molecule has 0 aliphatic carbocycles. The molecule has 0 saturated heterocycles. The molecule has 3 N–H and O–H groups in total. The SMILES string of the molecule is Cc1oc(N)c(C(=O)O)c1CC(Cl)(Cl)Cl. The maximum absolute atomic E-state index is 10.9. The minimum atomic E-state index is -1.58. The Morgan fingerprint density at radius 2 is 2.07 bits per heavy atom. The van der Waals surface area contributed by atoms with Crippen molar-refractivity contribution in [2.45, 2.75) is 17.1 Å². The molecule has 0 spiro atoms. The van der Waals surface area contributed by atoms with E-state index in [1.807, 2.05) is 0 Å². The van der Waals surface area contributed by atoms with Crippen molar-refractivity contribution in [3.63, 3.8) is 0 Å². The maximum Gasteiger partial charge on any atom is 0.341 e. The highest BCUT2D eigenvalue weighted by molar-refractivity contribution is 6.67. The van der Waals surface area contributed by atoms with Gasteiger partial charge in [0.05, 0.1) is 0 Å². The fourth-order valence-electron chi connectivity index (χ4n) is 1.25. The molecule has 0 fully saturated rings. The quantitative estimate of drug-likeness (QED) is 0.812. The first-order valence-corrected chi connectivity index (χ1v) is 5.03. The van der Waals surface area contributed by atoms with Crippen LogP contribution in [0.2, 0.25) is 0 Å². The number of aromatic carboxylic acids is 1. The van der Waals surface area contributed by atoms with Crippen LogP contribution in [0.3, 0.4) is 0 Å². The van der Waals surface area contributed by atoms with Gasteiger partial charge in [-0.15, -0.1) is 0 Å². The summed E-state index contributed by atoms with van der Waals surface area (Å²) < 4.78 is 3.40. The van der Waals surface area contributed by atoms with Crippen LogP contribution in [-0.2, 0) is 6.42 Å². The predicted molar refractivity (Wildman–Crippen MR) is 58.8 cm³/mol. The molecule has 1 aromatic heterocycles. The largest absolute Gasteiger partial charge is 0.477 e.